The lowest BCUT2D eigenvalue weighted by atomic mass is 9.98. The van der Waals surface area contributed by atoms with Gasteiger partial charge < -0.3 is 9.73 Å². The van der Waals surface area contributed by atoms with E-state index in [4.69, 9.17) is 4.42 Å². The minimum absolute atomic E-state index is 0.0524. The van der Waals surface area contributed by atoms with Crippen LogP contribution in [0.15, 0.2) is 52.1 Å². The number of nitrogens with zero attached hydrogens (tertiary/aromatic N) is 1. The summed E-state index contributed by atoms with van der Waals surface area (Å²) in [6.45, 7) is 8.13. The Morgan fingerprint density at radius 1 is 1.12 bits per heavy atom. The van der Waals surface area contributed by atoms with Gasteiger partial charge in [0.15, 0.2) is 5.58 Å². The summed E-state index contributed by atoms with van der Waals surface area (Å²) >= 11 is 1.33. The fourth-order valence-corrected chi connectivity index (χ4v) is 3.43. The summed E-state index contributed by atoms with van der Waals surface area (Å²) < 4.78 is 5.70. The topological polar surface area (TPSA) is 55.1 Å². The van der Waals surface area contributed by atoms with Crippen LogP contribution >= 0.6 is 11.8 Å². The average molecular weight is 354 g/mol. The lowest BCUT2D eigenvalue weighted by molar-refractivity contribution is -0.115. The molecular formula is C20H22N2O2S. The first kappa shape index (κ1) is 17.5. The average Bonchev–Trinajstić information content (AvgIpc) is 2.98. The van der Waals surface area contributed by atoms with Crippen molar-refractivity contribution >= 4 is 34.5 Å². The SMILES string of the molecule is Cc1cccc(C(C)C)c1NC(=O)[C@H](C)Sc1nc2ccccc2o1. The minimum atomic E-state index is -0.312. The maximum atomic E-state index is 12.7. The van der Waals surface area contributed by atoms with E-state index in [1.165, 1.54) is 11.8 Å². The van der Waals surface area contributed by atoms with Crippen molar-refractivity contribution in [1.82, 2.24) is 4.98 Å². The van der Waals surface area contributed by atoms with Crippen LogP contribution in [0.25, 0.3) is 11.1 Å². The number of para-hydroxylation sites is 3. The van der Waals surface area contributed by atoms with Crippen molar-refractivity contribution < 1.29 is 9.21 Å². The van der Waals surface area contributed by atoms with Crippen molar-refractivity contribution in [1.29, 1.82) is 0 Å². The highest BCUT2D eigenvalue weighted by atomic mass is 32.2. The van der Waals surface area contributed by atoms with Gasteiger partial charge in [0.05, 0.1) is 5.25 Å². The molecule has 1 amide bonds. The fraction of sp³-hybridized carbons (Fsp3) is 0.300. The summed E-state index contributed by atoms with van der Waals surface area (Å²) in [6.07, 6.45) is 0. The van der Waals surface area contributed by atoms with Gasteiger partial charge in [0, 0.05) is 5.69 Å². The molecule has 1 heterocycles. The van der Waals surface area contributed by atoms with Crippen molar-refractivity contribution in [2.24, 2.45) is 0 Å². The molecule has 3 aromatic rings. The van der Waals surface area contributed by atoms with E-state index in [9.17, 15) is 4.79 Å². The smallest absolute Gasteiger partial charge is 0.257 e. The molecule has 5 heteroatoms. The monoisotopic (exact) mass is 354 g/mol. The second kappa shape index (κ2) is 7.31. The van der Waals surface area contributed by atoms with E-state index in [1.54, 1.807) is 0 Å². The molecule has 0 aliphatic heterocycles. The number of amides is 1. The molecule has 1 N–H and O–H groups in total. The Kier molecular flexibility index (Phi) is 5.13. The largest absolute Gasteiger partial charge is 0.431 e. The maximum Gasteiger partial charge on any atom is 0.257 e. The molecule has 130 valence electrons. The predicted octanol–water partition coefficient (Wildman–Crippen LogP) is 5.38. The number of anilines is 1. The number of hydrogen-bond donors (Lipinski definition) is 1. The molecule has 0 spiro atoms. The lowest BCUT2D eigenvalue weighted by Gasteiger charge is -2.18. The van der Waals surface area contributed by atoms with E-state index in [1.807, 2.05) is 50.2 Å². The molecule has 0 fully saturated rings. The van der Waals surface area contributed by atoms with E-state index in [-0.39, 0.29) is 11.2 Å². The Morgan fingerprint density at radius 3 is 2.60 bits per heavy atom. The zero-order valence-electron chi connectivity index (χ0n) is 14.9. The first-order chi connectivity index (χ1) is 12.0. The first-order valence-electron chi connectivity index (χ1n) is 8.38. The summed E-state index contributed by atoms with van der Waals surface area (Å²) in [4.78, 5) is 17.1. The van der Waals surface area contributed by atoms with Crippen molar-refractivity contribution in [2.75, 3.05) is 5.32 Å². The minimum Gasteiger partial charge on any atom is -0.431 e. The molecule has 0 aliphatic carbocycles. The van der Waals surface area contributed by atoms with E-state index in [2.05, 4.69) is 30.2 Å². The van der Waals surface area contributed by atoms with Crippen molar-refractivity contribution in [3.05, 3.63) is 53.6 Å². The van der Waals surface area contributed by atoms with E-state index in [0.717, 1.165) is 27.9 Å². The molecular weight excluding hydrogens is 332 g/mol. The maximum absolute atomic E-state index is 12.7. The van der Waals surface area contributed by atoms with Crippen LogP contribution in [0.3, 0.4) is 0 Å². The van der Waals surface area contributed by atoms with Crippen molar-refractivity contribution in [2.45, 2.75) is 44.1 Å². The Labute approximate surface area is 152 Å². The standard InChI is InChI=1S/C20H22N2O2S/c1-12(2)15-9-7-8-13(3)18(15)22-19(23)14(4)25-20-21-16-10-5-6-11-17(16)24-20/h5-12,14H,1-4H3,(H,22,23)/t14-/m0/s1. The summed E-state index contributed by atoms with van der Waals surface area (Å²) in [5.41, 5.74) is 4.66. The van der Waals surface area contributed by atoms with Gasteiger partial charge in [0.1, 0.15) is 5.52 Å². The van der Waals surface area contributed by atoms with Gasteiger partial charge in [-0.3, -0.25) is 4.79 Å². The van der Waals surface area contributed by atoms with Crippen LogP contribution in [0.1, 0.15) is 37.8 Å². The molecule has 0 unspecified atom stereocenters. The number of aromatic nitrogens is 1. The first-order valence-corrected chi connectivity index (χ1v) is 9.26. The van der Waals surface area contributed by atoms with Crippen LogP contribution in [0.4, 0.5) is 5.69 Å². The van der Waals surface area contributed by atoms with Crippen LogP contribution in [0.5, 0.6) is 0 Å². The number of benzene rings is 2. The quantitative estimate of drug-likeness (QED) is 0.625. The summed E-state index contributed by atoms with van der Waals surface area (Å²) in [5.74, 6) is 0.290. The highest BCUT2D eigenvalue weighted by Gasteiger charge is 2.20. The number of carbonyl (C=O) groups excluding carboxylic acids is 1. The Bertz CT molecular complexity index is 869. The molecule has 25 heavy (non-hydrogen) atoms. The zero-order valence-corrected chi connectivity index (χ0v) is 15.7. The lowest BCUT2D eigenvalue weighted by Crippen LogP contribution is -2.23. The van der Waals surface area contributed by atoms with Crippen molar-refractivity contribution in [3.8, 4) is 0 Å². The van der Waals surface area contributed by atoms with Crippen LogP contribution in [0, 0.1) is 6.92 Å². The van der Waals surface area contributed by atoms with Crippen LogP contribution in [0.2, 0.25) is 0 Å². The molecule has 0 aliphatic rings. The van der Waals surface area contributed by atoms with Gasteiger partial charge in [-0.25, -0.2) is 4.98 Å². The number of nitrogens with one attached hydrogen (secondary N) is 1. The predicted molar refractivity (Wildman–Crippen MR) is 103 cm³/mol. The number of rotatable bonds is 5. The Balaban J connectivity index is 1.75. The van der Waals surface area contributed by atoms with Crippen LogP contribution in [-0.4, -0.2) is 16.1 Å². The fourth-order valence-electron chi connectivity index (χ4n) is 2.67. The third-order valence-corrected chi connectivity index (χ3v) is 5.04. The normalized spacial score (nSPS) is 12.5. The van der Waals surface area contributed by atoms with Gasteiger partial charge in [0.2, 0.25) is 5.91 Å². The molecule has 0 saturated heterocycles. The third kappa shape index (κ3) is 3.87. The van der Waals surface area contributed by atoms with Crippen molar-refractivity contribution in [3.63, 3.8) is 0 Å². The Morgan fingerprint density at radius 2 is 1.88 bits per heavy atom. The number of aryl methyl sites for hydroxylation is 1. The molecule has 1 aromatic heterocycles. The van der Waals surface area contributed by atoms with Crippen LogP contribution in [-0.2, 0) is 4.79 Å². The molecule has 2 aromatic carbocycles. The van der Waals surface area contributed by atoms with Gasteiger partial charge in [-0.2, -0.15) is 0 Å². The zero-order chi connectivity index (χ0) is 18.0. The molecule has 0 radical (unpaired) electrons. The van der Waals surface area contributed by atoms with E-state index >= 15 is 0 Å². The summed E-state index contributed by atoms with van der Waals surface area (Å²) in [7, 11) is 0. The molecule has 4 nitrogen and oxygen atoms in total. The Hall–Kier alpha value is -2.27. The number of hydrogen-bond acceptors (Lipinski definition) is 4. The van der Waals surface area contributed by atoms with Gasteiger partial charge in [0.25, 0.3) is 5.22 Å². The highest BCUT2D eigenvalue weighted by molar-refractivity contribution is 8.00. The second-order valence-corrected chi connectivity index (χ2v) is 7.68. The number of thioether (sulfide) groups is 1. The van der Waals surface area contributed by atoms with Gasteiger partial charge >= 0.3 is 0 Å². The van der Waals surface area contributed by atoms with Crippen LogP contribution < -0.4 is 5.32 Å². The van der Waals surface area contributed by atoms with Gasteiger partial charge in [-0.1, -0.05) is 55.9 Å². The molecule has 1 atom stereocenters. The van der Waals surface area contributed by atoms with E-state index in [0.29, 0.717) is 11.1 Å². The second-order valence-electron chi connectivity index (χ2n) is 6.39. The van der Waals surface area contributed by atoms with Gasteiger partial charge in [-0.05, 0) is 43.0 Å². The van der Waals surface area contributed by atoms with Gasteiger partial charge in [-0.15, -0.1) is 0 Å². The number of fused-ring (bicyclic) bond motifs is 1. The molecule has 0 saturated carbocycles. The highest BCUT2D eigenvalue weighted by Crippen LogP contribution is 2.30. The summed E-state index contributed by atoms with van der Waals surface area (Å²) in [5, 5.41) is 3.28. The summed E-state index contributed by atoms with van der Waals surface area (Å²) in [6, 6.07) is 13.7. The molecule has 0 bridgehead atoms. The number of carbonyl (C=O) groups is 1. The number of oxazole rings is 1. The molecule has 3 rings (SSSR count). The van der Waals surface area contributed by atoms with E-state index < -0.39 is 0 Å². The third-order valence-electron chi connectivity index (χ3n) is 4.10.